The van der Waals surface area contributed by atoms with Crippen LogP contribution < -0.4 is 16.2 Å². The largest absolute Gasteiger partial charge is 0.493 e. The first-order valence-electron chi connectivity index (χ1n) is 9.98. The number of carbonyl (C=O) groups is 1. The lowest BCUT2D eigenvalue weighted by Gasteiger charge is -2.36. The Hall–Kier alpha value is -3.36. The van der Waals surface area contributed by atoms with E-state index < -0.39 is 5.66 Å². The summed E-state index contributed by atoms with van der Waals surface area (Å²) >= 11 is 0. The number of hydroxylamine groups is 2. The summed E-state index contributed by atoms with van der Waals surface area (Å²) in [5, 5.41) is 1.43. The van der Waals surface area contributed by atoms with Crippen molar-refractivity contribution in [1.82, 2.24) is 5.06 Å². The van der Waals surface area contributed by atoms with Crippen LogP contribution in [0.15, 0.2) is 70.7 Å². The van der Waals surface area contributed by atoms with Gasteiger partial charge in [-0.2, -0.15) is 10.1 Å². The second-order valence-corrected chi connectivity index (χ2v) is 7.40. The molecular formula is C23H28ClN5O3. The lowest BCUT2D eigenvalue weighted by molar-refractivity contribution is -0.158. The highest BCUT2D eigenvalue weighted by molar-refractivity contribution is 6.07. The van der Waals surface area contributed by atoms with E-state index in [-0.39, 0.29) is 30.1 Å². The maximum Gasteiger partial charge on any atom is 0.226 e. The van der Waals surface area contributed by atoms with Gasteiger partial charge in [0.15, 0.2) is 11.4 Å². The topological polar surface area (TPSA) is 116 Å². The molecule has 170 valence electrons. The molecule has 0 saturated heterocycles. The van der Waals surface area contributed by atoms with Gasteiger partial charge in [-0.1, -0.05) is 48.5 Å². The predicted molar refractivity (Wildman–Crippen MR) is 129 cm³/mol. The van der Waals surface area contributed by atoms with Crippen LogP contribution in [-0.4, -0.2) is 41.6 Å². The molecule has 0 atom stereocenters. The van der Waals surface area contributed by atoms with Crippen molar-refractivity contribution in [3.8, 4) is 5.75 Å². The molecule has 4 N–H and O–H groups in total. The Bertz CT molecular complexity index is 1010. The molecule has 9 heteroatoms. The second kappa shape index (κ2) is 11.3. The number of aliphatic imine (C=N–C) groups is 2. The van der Waals surface area contributed by atoms with Gasteiger partial charge in [-0.15, -0.1) is 12.4 Å². The zero-order valence-electron chi connectivity index (χ0n) is 18.1. The van der Waals surface area contributed by atoms with Crippen molar-refractivity contribution in [2.75, 3.05) is 13.2 Å². The number of nitrogens with zero attached hydrogens (tertiary/aromatic N) is 3. The highest BCUT2D eigenvalue weighted by atomic mass is 35.5. The average Bonchev–Trinajstić information content (AvgIpc) is 2.73. The van der Waals surface area contributed by atoms with Crippen LogP contribution in [0.4, 0.5) is 0 Å². The van der Waals surface area contributed by atoms with E-state index in [1.807, 2.05) is 50.2 Å². The Labute approximate surface area is 194 Å². The van der Waals surface area contributed by atoms with Gasteiger partial charge in [-0.25, -0.2) is 4.99 Å². The number of hydrogen-bond donors (Lipinski definition) is 2. The van der Waals surface area contributed by atoms with Crippen LogP contribution in [0.2, 0.25) is 0 Å². The number of hydrogen-bond acceptors (Lipinski definition) is 8. The van der Waals surface area contributed by atoms with Gasteiger partial charge in [0.05, 0.1) is 13.2 Å². The van der Waals surface area contributed by atoms with Gasteiger partial charge in [0, 0.05) is 12.0 Å². The van der Waals surface area contributed by atoms with E-state index in [2.05, 4.69) is 9.98 Å². The molecule has 0 unspecified atom stereocenters. The minimum absolute atomic E-state index is 0. The fraction of sp³-hybridized carbons (Fsp3) is 0.261. The quantitative estimate of drug-likeness (QED) is 0.339. The van der Waals surface area contributed by atoms with Crippen LogP contribution in [0.25, 0.3) is 6.08 Å². The molecule has 0 bridgehead atoms. The molecule has 2 aromatic rings. The summed E-state index contributed by atoms with van der Waals surface area (Å²) in [5.41, 5.74) is 12.3. The molecule has 2 aromatic carbocycles. The summed E-state index contributed by atoms with van der Waals surface area (Å²) in [7, 11) is 0. The normalized spacial score (nSPS) is 15.0. The molecule has 8 nitrogen and oxygen atoms in total. The molecule has 1 heterocycles. The van der Waals surface area contributed by atoms with Crippen molar-refractivity contribution >= 4 is 36.2 Å². The van der Waals surface area contributed by atoms with E-state index >= 15 is 0 Å². The van der Waals surface area contributed by atoms with Gasteiger partial charge in [0.2, 0.25) is 11.9 Å². The number of halogens is 1. The van der Waals surface area contributed by atoms with Crippen LogP contribution >= 0.6 is 12.4 Å². The molecule has 1 aliphatic heterocycles. The molecule has 0 aromatic heterocycles. The molecule has 1 aliphatic rings. The van der Waals surface area contributed by atoms with E-state index in [0.717, 1.165) is 5.56 Å². The smallest absolute Gasteiger partial charge is 0.226 e. The number of benzene rings is 2. The number of allylic oxidation sites excluding steroid dienone is 1. The van der Waals surface area contributed by atoms with Crippen molar-refractivity contribution < 1.29 is 14.4 Å². The summed E-state index contributed by atoms with van der Waals surface area (Å²) in [6, 6.07) is 16.8. The van der Waals surface area contributed by atoms with Crippen LogP contribution in [-0.2, 0) is 4.84 Å². The number of rotatable bonds is 9. The van der Waals surface area contributed by atoms with Crippen molar-refractivity contribution in [3.63, 3.8) is 0 Å². The van der Waals surface area contributed by atoms with Crippen LogP contribution in [0, 0.1) is 0 Å². The third-order valence-corrected chi connectivity index (χ3v) is 4.45. The van der Waals surface area contributed by atoms with Gasteiger partial charge in [-0.05, 0) is 37.6 Å². The summed E-state index contributed by atoms with van der Waals surface area (Å²) in [6.45, 7) is 4.42. The van der Waals surface area contributed by atoms with E-state index in [4.69, 9.17) is 21.0 Å². The van der Waals surface area contributed by atoms with Gasteiger partial charge in [0.1, 0.15) is 5.75 Å². The Kier molecular flexibility index (Phi) is 8.80. The SMILES string of the molecule is CC1(C)N=C(N)N=C(N)N1OCCCOc1cccc(C(=O)/C=C/c2ccccc2)c1.Cl. The van der Waals surface area contributed by atoms with Crippen molar-refractivity contribution in [2.24, 2.45) is 21.5 Å². The number of guanidine groups is 2. The zero-order valence-corrected chi connectivity index (χ0v) is 18.9. The highest BCUT2D eigenvalue weighted by Gasteiger charge is 2.32. The first kappa shape index (κ1) is 24.9. The zero-order chi connectivity index (χ0) is 22.3. The van der Waals surface area contributed by atoms with E-state index in [9.17, 15) is 4.79 Å². The molecule has 0 aliphatic carbocycles. The Balaban J connectivity index is 0.00000363. The lowest BCUT2D eigenvalue weighted by Crippen LogP contribution is -2.53. The molecule has 32 heavy (non-hydrogen) atoms. The first-order valence-corrected chi connectivity index (χ1v) is 9.98. The van der Waals surface area contributed by atoms with Crippen LogP contribution in [0.3, 0.4) is 0 Å². The minimum Gasteiger partial charge on any atom is -0.493 e. The van der Waals surface area contributed by atoms with E-state index in [1.165, 1.54) is 5.06 Å². The number of nitrogens with two attached hydrogens (primary N) is 2. The highest BCUT2D eigenvalue weighted by Crippen LogP contribution is 2.20. The summed E-state index contributed by atoms with van der Waals surface area (Å²) in [5.74, 6) is 0.821. The molecule has 0 radical (unpaired) electrons. The average molecular weight is 458 g/mol. The molecular weight excluding hydrogens is 430 g/mol. The van der Waals surface area contributed by atoms with Crippen molar-refractivity contribution in [3.05, 3.63) is 71.8 Å². The van der Waals surface area contributed by atoms with Crippen LogP contribution in [0.5, 0.6) is 5.75 Å². The third-order valence-electron chi connectivity index (χ3n) is 4.45. The Morgan fingerprint density at radius 2 is 1.84 bits per heavy atom. The first-order chi connectivity index (χ1) is 14.8. The molecule has 3 rings (SSSR count). The summed E-state index contributed by atoms with van der Waals surface area (Å²) < 4.78 is 5.76. The van der Waals surface area contributed by atoms with Gasteiger partial charge in [0.25, 0.3) is 0 Å². The van der Waals surface area contributed by atoms with E-state index in [1.54, 1.807) is 30.4 Å². The molecule has 0 spiro atoms. The molecule has 0 saturated carbocycles. The Morgan fingerprint density at radius 1 is 1.09 bits per heavy atom. The fourth-order valence-electron chi connectivity index (χ4n) is 2.99. The summed E-state index contributed by atoms with van der Waals surface area (Å²) in [4.78, 5) is 26.3. The molecule has 0 fully saturated rings. The number of carbonyl (C=O) groups excluding carboxylic acids is 1. The third kappa shape index (κ3) is 6.83. The standard InChI is InChI=1S/C23H27N5O3.ClH/c1-23(2)27-21(24)26-22(25)28(23)31-15-7-14-30-19-11-6-10-18(16-19)20(29)13-12-17-8-4-3-5-9-17;/h3-6,8-13,16H,7,14-15H2,1-2H3,(H4,24,25,26,27);1H/b13-12+;. The van der Waals surface area contributed by atoms with E-state index in [0.29, 0.717) is 30.9 Å². The summed E-state index contributed by atoms with van der Waals surface area (Å²) in [6.07, 6.45) is 3.96. The van der Waals surface area contributed by atoms with Gasteiger partial charge >= 0.3 is 0 Å². The van der Waals surface area contributed by atoms with Crippen molar-refractivity contribution in [2.45, 2.75) is 25.9 Å². The number of ether oxygens (including phenoxy) is 1. The van der Waals surface area contributed by atoms with Crippen LogP contribution in [0.1, 0.15) is 36.2 Å². The maximum atomic E-state index is 12.4. The predicted octanol–water partition coefficient (Wildman–Crippen LogP) is 3.39. The van der Waals surface area contributed by atoms with Crippen molar-refractivity contribution in [1.29, 1.82) is 0 Å². The monoisotopic (exact) mass is 457 g/mol. The minimum atomic E-state index is -0.737. The molecule has 0 amide bonds. The maximum absolute atomic E-state index is 12.4. The van der Waals surface area contributed by atoms with Gasteiger partial charge in [-0.3, -0.25) is 9.63 Å². The fourth-order valence-corrected chi connectivity index (χ4v) is 2.99. The second-order valence-electron chi connectivity index (χ2n) is 7.40. The van der Waals surface area contributed by atoms with Gasteiger partial charge < -0.3 is 16.2 Å². The Morgan fingerprint density at radius 3 is 2.56 bits per heavy atom. The lowest BCUT2D eigenvalue weighted by atomic mass is 10.1. The number of ketones is 1.